The minimum absolute atomic E-state index is 0.227. The van der Waals surface area contributed by atoms with Crippen LogP contribution in [0.25, 0.3) is 0 Å². The van der Waals surface area contributed by atoms with Crippen LogP contribution in [-0.4, -0.2) is 20.4 Å². The first-order valence-corrected chi connectivity index (χ1v) is 5.86. The first-order chi connectivity index (χ1) is 7.29. The van der Waals surface area contributed by atoms with Gasteiger partial charge in [-0.1, -0.05) is 13.8 Å². The molecule has 0 aliphatic carbocycles. The van der Waals surface area contributed by atoms with E-state index in [4.69, 9.17) is 0 Å². The summed E-state index contributed by atoms with van der Waals surface area (Å²) in [4.78, 5) is 0. The predicted molar refractivity (Wildman–Crippen MR) is 65.1 cm³/mol. The van der Waals surface area contributed by atoms with Crippen molar-refractivity contribution in [2.45, 2.75) is 52.4 Å². The molecule has 92 valence electrons. The van der Waals surface area contributed by atoms with Crippen molar-refractivity contribution in [2.24, 2.45) is 5.92 Å². The van der Waals surface area contributed by atoms with Crippen LogP contribution in [0.5, 0.6) is 0 Å². The molecule has 1 rings (SSSR count). The summed E-state index contributed by atoms with van der Waals surface area (Å²) in [6.45, 7) is 8.38. The Morgan fingerprint density at radius 1 is 1.38 bits per heavy atom. The number of aliphatic hydroxyl groups is 2. The van der Waals surface area contributed by atoms with Crippen LogP contribution in [0, 0.1) is 5.92 Å². The minimum atomic E-state index is -0.638. The molecule has 0 radical (unpaired) electrons. The van der Waals surface area contributed by atoms with Gasteiger partial charge in [-0.3, -0.25) is 0 Å². The van der Waals surface area contributed by atoms with Crippen LogP contribution in [0.1, 0.15) is 45.8 Å². The van der Waals surface area contributed by atoms with Crippen LogP contribution < -0.4 is 0 Å². The van der Waals surface area contributed by atoms with Gasteiger partial charge in [0.2, 0.25) is 0 Å². The first kappa shape index (κ1) is 13.3. The van der Waals surface area contributed by atoms with E-state index in [-0.39, 0.29) is 5.92 Å². The molecule has 0 aliphatic rings. The summed E-state index contributed by atoms with van der Waals surface area (Å²) in [5, 5.41) is 19.5. The van der Waals surface area contributed by atoms with Crippen molar-refractivity contribution in [3.8, 4) is 0 Å². The zero-order valence-electron chi connectivity index (χ0n) is 10.6. The van der Waals surface area contributed by atoms with E-state index in [0.717, 1.165) is 12.1 Å². The molecule has 1 aromatic heterocycles. The maximum absolute atomic E-state index is 9.88. The smallest absolute Gasteiger partial charge is 0.0827 e. The normalized spacial score (nSPS) is 14.4. The highest BCUT2D eigenvalue weighted by molar-refractivity contribution is 5.14. The lowest BCUT2D eigenvalue weighted by Gasteiger charge is -2.17. The Morgan fingerprint density at radius 3 is 2.50 bits per heavy atom. The molecule has 3 heteroatoms. The number of rotatable bonds is 5. The van der Waals surface area contributed by atoms with Crippen molar-refractivity contribution in [3.63, 3.8) is 0 Å². The molecule has 0 aliphatic heterocycles. The second-order valence-corrected chi connectivity index (χ2v) is 5.43. The van der Waals surface area contributed by atoms with E-state index in [1.54, 1.807) is 13.8 Å². The van der Waals surface area contributed by atoms with E-state index in [1.165, 1.54) is 0 Å². The molecule has 3 nitrogen and oxygen atoms in total. The Balaban J connectivity index is 2.58. The van der Waals surface area contributed by atoms with E-state index in [9.17, 15) is 10.2 Å². The summed E-state index contributed by atoms with van der Waals surface area (Å²) in [6, 6.07) is 1.94. The zero-order chi connectivity index (χ0) is 12.3. The van der Waals surface area contributed by atoms with Crippen LogP contribution in [-0.2, 0) is 6.54 Å². The molecule has 0 spiro atoms. The number of aryl methyl sites for hydroxylation is 1. The third kappa shape index (κ3) is 3.99. The third-order valence-electron chi connectivity index (χ3n) is 2.73. The van der Waals surface area contributed by atoms with Gasteiger partial charge >= 0.3 is 0 Å². The van der Waals surface area contributed by atoms with Gasteiger partial charge in [0.05, 0.1) is 11.7 Å². The Kier molecular flexibility index (Phi) is 4.16. The average molecular weight is 225 g/mol. The van der Waals surface area contributed by atoms with Crippen molar-refractivity contribution in [1.29, 1.82) is 0 Å². The Labute approximate surface area is 97.7 Å². The Hall–Kier alpha value is -0.800. The van der Waals surface area contributed by atoms with Gasteiger partial charge in [0.15, 0.2) is 0 Å². The van der Waals surface area contributed by atoms with Gasteiger partial charge in [-0.2, -0.15) is 0 Å². The monoisotopic (exact) mass is 225 g/mol. The molecule has 0 amide bonds. The molecule has 16 heavy (non-hydrogen) atoms. The van der Waals surface area contributed by atoms with Crippen molar-refractivity contribution in [1.82, 2.24) is 4.57 Å². The summed E-state index contributed by atoms with van der Waals surface area (Å²) >= 11 is 0. The van der Waals surface area contributed by atoms with Gasteiger partial charge in [0.1, 0.15) is 0 Å². The van der Waals surface area contributed by atoms with E-state index in [2.05, 4.69) is 0 Å². The standard InChI is InChI=1S/C13H23NO2/c1-10(2)12(15)11-5-7-14(9-11)8-6-13(3,4)16/h5,7,9-10,12,15-16H,6,8H2,1-4H3. The van der Waals surface area contributed by atoms with Crippen molar-refractivity contribution in [3.05, 3.63) is 24.0 Å². The maximum Gasteiger partial charge on any atom is 0.0827 e. The third-order valence-corrected chi connectivity index (χ3v) is 2.73. The first-order valence-electron chi connectivity index (χ1n) is 5.86. The highest BCUT2D eigenvalue weighted by Crippen LogP contribution is 2.21. The van der Waals surface area contributed by atoms with Gasteiger partial charge in [-0.25, -0.2) is 0 Å². The van der Waals surface area contributed by atoms with Gasteiger partial charge < -0.3 is 14.8 Å². The van der Waals surface area contributed by atoms with Gasteiger partial charge in [-0.05, 0) is 37.8 Å². The van der Waals surface area contributed by atoms with Crippen molar-refractivity contribution >= 4 is 0 Å². The zero-order valence-corrected chi connectivity index (χ0v) is 10.6. The number of aromatic nitrogens is 1. The molecular weight excluding hydrogens is 202 g/mol. The fraction of sp³-hybridized carbons (Fsp3) is 0.692. The maximum atomic E-state index is 9.88. The largest absolute Gasteiger partial charge is 0.390 e. The van der Waals surface area contributed by atoms with Crippen LogP contribution >= 0.6 is 0 Å². The summed E-state index contributed by atoms with van der Waals surface area (Å²) in [6.07, 6.45) is 4.21. The molecule has 0 fully saturated rings. The van der Waals surface area contributed by atoms with E-state index < -0.39 is 11.7 Å². The molecule has 1 heterocycles. The van der Waals surface area contributed by atoms with Crippen LogP contribution in [0.4, 0.5) is 0 Å². The van der Waals surface area contributed by atoms with Crippen LogP contribution in [0.3, 0.4) is 0 Å². The average Bonchev–Trinajstić information content (AvgIpc) is 2.60. The van der Waals surface area contributed by atoms with Crippen molar-refractivity contribution in [2.75, 3.05) is 0 Å². The molecule has 0 aromatic carbocycles. The van der Waals surface area contributed by atoms with Crippen LogP contribution in [0.15, 0.2) is 18.5 Å². The van der Waals surface area contributed by atoms with Crippen LogP contribution in [0.2, 0.25) is 0 Å². The molecule has 1 atom stereocenters. The Bertz CT molecular complexity index is 323. The summed E-state index contributed by atoms with van der Waals surface area (Å²) in [7, 11) is 0. The highest BCUT2D eigenvalue weighted by atomic mass is 16.3. The molecular formula is C13H23NO2. The summed E-state index contributed by atoms with van der Waals surface area (Å²) in [5.74, 6) is 0.227. The van der Waals surface area contributed by atoms with E-state index >= 15 is 0 Å². The summed E-state index contributed by atoms with van der Waals surface area (Å²) in [5.41, 5.74) is 0.312. The fourth-order valence-electron chi connectivity index (χ4n) is 1.56. The highest BCUT2D eigenvalue weighted by Gasteiger charge is 2.15. The lowest BCUT2D eigenvalue weighted by molar-refractivity contribution is 0.0662. The number of aliphatic hydroxyl groups excluding tert-OH is 1. The fourth-order valence-corrected chi connectivity index (χ4v) is 1.56. The Morgan fingerprint density at radius 2 is 2.00 bits per heavy atom. The lowest BCUT2D eigenvalue weighted by atomic mass is 10.0. The molecule has 2 N–H and O–H groups in total. The quantitative estimate of drug-likeness (QED) is 0.808. The second kappa shape index (κ2) is 5.02. The van der Waals surface area contributed by atoms with Gasteiger partial charge in [0, 0.05) is 18.9 Å². The van der Waals surface area contributed by atoms with Gasteiger partial charge in [-0.15, -0.1) is 0 Å². The van der Waals surface area contributed by atoms with Crippen molar-refractivity contribution < 1.29 is 10.2 Å². The second-order valence-electron chi connectivity index (χ2n) is 5.43. The topological polar surface area (TPSA) is 45.4 Å². The number of nitrogens with zero attached hydrogens (tertiary/aromatic N) is 1. The van der Waals surface area contributed by atoms with E-state index in [0.29, 0.717) is 6.42 Å². The van der Waals surface area contributed by atoms with Gasteiger partial charge in [0.25, 0.3) is 0 Å². The number of hydrogen-bond acceptors (Lipinski definition) is 2. The lowest BCUT2D eigenvalue weighted by Crippen LogP contribution is -2.20. The molecule has 0 saturated heterocycles. The molecule has 0 saturated carbocycles. The van der Waals surface area contributed by atoms with E-state index in [1.807, 2.05) is 36.9 Å². The molecule has 1 unspecified atom stereocenters. The number of hydrogen-bond donors (Lipinski definition) is 2. The predicted octanol–water partition coefficient (Wildman–Crippen LogP) is 2.34. The molecule has 1 aromatic rings. The molecule has 0 bridgehead atoms. The summed E-state index contributed by atoms with van der Waals surface area (Å²) < 4.78 is 2.01. The minimum Gasteiger partial charge on any atom is -0.390 e. The SMILES string of the molecule is CC(C)C(O)c1ccn(CCC(C)(C)O)c1.